The van der Waals surface area contributed by atoms with Crippen LogP contribution in [0.5, 0.6) is 0 Å². The highest BCUT2D eigenvalue weighted by molar-refractivity contribution is 5.00. The average molecular weight is 219 g/mol. The Hall–Kier alpha value is -0.480. The molecule has 2 fully saturated rings. The van der Waals surface area contributed by atoms with E-state index >= 15 is 0 Å². The smallest absolute Gasteiger partial charge is 0.0686 e. The van der Waals surface area contributed by atoms with Gasteiger partial charge in [0.2, 0.25) is 0 Å². The summed E-state index contributed by atoms with van der Waals surface area (Å²) in [6.07, 6.45) is 18.0. The fraction of sp³-hybridized carbons (Fsp3) is 0.867. The first-order chi connectivity index (χ1) is 7.78. The van der Waals surface area contributed by atoms with E-state index in [9.17, 15) is 0 Å². The number of terminal acetylenes is 1. The van der Waals surface area contributed by atoms with Gasteiger partial charge in [-0.15, -0.1) is 6.42 Å². The van der Waals surface area contributed by atoms with Gasteiger partial charge in [-0.2, -0.15) is 0 Å². The summed E-state index contributed by atoms with van der Waals surface area (Å²) in [5, 5.41) is 3.63. The maximum absolute atomic E-state index is 5.50. The standard InChI is InChI=1S/C15H25N/c1-3-13(4-2)16-14-7-11-15(12-8-14)9-5-6-10-15/h1,13-14,16H,4-12H2,2H3. The Morgan fingerprint density at radius 2 is 1.88 bits per heavy atom. The molecule has 1 nitrogen and oxygen atoms in total. The third kappa shape index (κ3) is 2.61. The molecule has 0 amide bonds. The van der Waals surface area contributed by atoms with Crippen LogP contribution in [0.25, 0.3) is 0 Å². The molecule has 2 aliphatic carbocycles. The third-order valence-electron chi connectivity index (χ3n) is 4.76. The predicted octanol–water partition coefficient (Wildman–Crippen LogP) is 3.49. The van der Waals surface area contributed by atoms with Crippen LogP contribution < -0.4 is 5.32 Å². The summed E-state index contributed by atoms with van der Waals surface area (Å²) >= 11 is 0. The zero-order valence-corrected chi connectivity index (χ0v) is 10.6. The number of hydrogen-bond acceptors (Lipinski definition) is 1. The van der Waals surface area contributed by atoms with Gasteiger partial charge in [0.05, 0.1) is 6.04 Å². The lowest BCUT2D eigenvalue weighted by Crippen LogP contribution is -2.41. The van der Waals surface area contributed by atoms with Crippen LogP contribution in [0.4, 0.5) is 0 Å². The van der Waals surface area contributed by atoms with Gasteiger partial charge < -0.3 is 5.32 Å². The lowest BCUT2D eigenvalue weighted by atomic mass is 9.71. The van der Waals surface area contributed by atoms with Gasteiger partial charge in [-0.1, -0.05) is 25.7 Å². The Balaban J connectivity index is 1.79. The monoisotopic (exact) mass is 219 g/mol. The first-order valence-electron chi connectivity index (χ1n) is 7.00. The fourth-order valence-electron chi connectivity index (χ4n) is 3.59. The Bertz CT molecular complexity index is 247. The van der Waals surface area contributed by atoms with Crippen molar-refractivity contribution in [3.63, 3.8) is 0 Å². The van der Waals surface area contributed by atoms with Crippen molar-refractivity contribution in [2.45, 2.75) is 76.8 Å². The summed E-state index contributed by atoms with van der Waals surface area (Å²) in [5.41, 5.74) is 0.746. The van der Waals surface area contributed by atoms with Crippen molar-refractivity contribution >= 4 is 0 Å². The quantitative estimate of drug-likeness (QED) is 0.716. The molecule has 1 heteroatoms. The number of hydrogen-bond donors (Lipinski definition) is 1. The van der Waals surface area contributed by atoms with Gasteiger partial charge in [0.1, 0.15) is 0 Å². The molecule has 1 unspecified atom stereocenters. The average Bonchev–Trinajstić information content (AvgIpc) is 2.77. The summed E-state index contributed by atoms with van der Waals surface area (Å²) in [6, 6.07) is 0.981. The molecule has 0 radical (unpaired) electrons. The van der Waals surface area contributed by atoms with E-state index in [1.165, 1.54) is 51.4 Å². The minimum absolute atomic E-state index is 0.294. The van der Waals surface area contributed by atoms with Gasteiger partial charge in [0, 0.05) is 6.04 Å². The zero-order valence-electron chi connectivity index (χ0n) is 10.6. The molecule has 0 aromatic carbocycles. The summed E-state index contributed by atoms with van der Waals surface area (Å²) < 4.78 is 0. The SMILES string of the molecule is C#CC(CC)NC1CCC2(CCCC2)CC1. The second kappa shape index (κ2) is 5.23. The van der Waals surface area contributed by atoms with Crippen LogP contribution in [0.15, 0.2) is 0 Å². The summed E-state index contributed by atoms with van der Waals surface area (Å²) in [6.45, 7) is 2.17. The largest absolute Gasteiger partial charge is 0.301 e. The lowest BCUT2D eigenvalue weighted by molar-refractivity contribution is 0.165. The molecule has 1 spiro atoms. The molecule has 2 saturated carbocycles. The Kier molecular flexibility index (Phi) is 3.92. The molecular formula is C15H25N. The first kappa shape index (κ1) is 12.0. The maximum atomic E-state index is 5.50. The molecule has 16 heavy (non-hydrogen) atoms. The molecule has 2 rings (SSSR count). The van der Waals surface area contributed by atoms with E-state index in [1.54, 1.807) is 0 Å². The van der Waals surface area contributed by atoms with Crippen LogP contribution in [0, 0.1) is 17.8 Å². The first-order valence-corrected chi connectivity index (χ1v) is 7.00. The van der Waals surface area contributed by atoms with Crippen molar-refractivity contribution in [2.24, 2.45) is 5.41 Å². The van der Waals surface area contributed by atoms with E-state index in [2.05, 4.69) is 18.2 Å². The molecule has 1 N–H and O–H groups in total. The molecule has 2 aliphatic rings. The van der Waals surface area contributed by atoms with Gasteiger partial charge in [0.25, 0.3) is 0 Å². The van der Waals surface area contributed by atoms with Crippen molar-refractivity contribution in [3.05, 3.63) is 0 Å². The van der Waals surface area contributed by atoms with Gasteiger partial charge >= 0.3 is 0 Å². The van der Waals surface area contributed by atoms with Crippen LogP contribution in [0.2, 0.25) is 0 Å². The summed E-state index contributed by atoms with van der Waals surface area (Å²) in [7, 11) is 0. The van der Waals surface area contributed by atoms with E-state index in [-0.39, 0.29) is 0 Å². The molecule has 0 bridgehead atoms. The normalized spacial score (nSPS) is 26.8. The molecule has 90 valence electrons. The van der Waals surface area contributed by atoms with Gasteiger partial charge in [-0.05, 0) is 50.4 Å². The Labute approximate surface area is 100 Å². The molecule has 1 atom stereocenters. The molecule has 0 aliphatic heterocycles. The van der Waals surface area contributed by atoms with Crippen LogP contribution in [0.3, 0.4) is 0 Å². The van der Waals surface area contributed by atoms with E-state index in [4.69, 9.17) is 6.42 Å². The second-order valence-corrected chi connectivity index (χ2v) is 5.78. The van der Waals surface area contributed by atoms with E-state index in [0.717, 1.165) is 11.8 Å². The third-order valence-corrected chi connectivity index (χ3v) is 4.76. The summed E-state index contributed by atoms with van der Waals surface area (Å²) in [4.78, 5) is 0. The topological polar surface area (TPSA) is 12.0 Å². The highest BCUT2D eigenvalue weighted by Gasteiger charge is 2.37. The maximum Gasteiger partial charge on any atom is 0.0686 e. The van der Waals surface area contributed by atoms with Gasteiger partial charge in [-0.3, -0.25) is 0 Å². The summed E-state index contributed by atoms with van der Waals surface area (Å²) in [5.74, 6) is 2.85. The lowest BCUT2D eigenvalue weighted by Gasteiger charge is -2.38. The van der Waals surface area contributed by atoms with Crippen molar-refractivity contribution in [1.29, 1.82) is 0 Å². The van der Waals surface area contributed by atoms with Gasteiger partial charge in [0.15, 0.2) is 0 Å². The van der Waals surface area contributed by atoms with Gasteiger partial charge in [-0.25, -0.2) is 0 Å². The molecule has 0 aromatic rings. The molecule has 0 aromatic heterocycles. The Morgan fingerprint density at radius 1 is 1.25 bits per heavy atom. The van der Waals surface area contributed by atoms with Crippen LogP contribution >= 0.6 is 0 Å². The van der Waals surface area contributed by atoms with E-state index in [0.29, 0.717) is 12.1 Å². The fourth-order valence-corrected chi connectivity index (χ4v) is 3.59. The van der Waals surface area contributed by atoms with Crippen molar-refractivity contribution in [1.82, 2.24) is 5.32 Å². The number of nitrogens with one attached hydrogen (secondary N) is 1. The zero-order chi connectivity index (χ0) is 11.4. The predicted molar refractivity (Wildman–Crippen MR) is 69.2 cm³/mol. The number of rotatable bonds is 3. The van der Waals surface area contributed by atoms with Crippen molar-refractivity contribution < 1.29 is 0 Å². The van der Waals surface area contributed by atoms with E-state index < -0.39 is 0 Å². The molecule has 0 saturated heterocycles. The van der Waals surface area contributed by atoms with Crippen molar-refractivity contribution in [2.75, 3.05) is 0 Å². The minimum atomic E-state index is 0.294. The van der Waals surface area contributed by atoms with Crippen LogP contribution in [-0.4, -0.2) is 12.1 Å². The van der Waals surface area contributed by atoms with E-state index in [1.807, 2.05) is 0 Å². The molecular weight excluding hydrogens is 194 g/mol. The van der Waals surface area contributed by atoms with Crippen LogP contribution in [-0.2, 0) is 0 Å². The molecule has 0 heterocycles. The van der Waals surface area contributed by atoms with Crippen LogP contribution in [0.1, 0.15) is 64.7 Å². The second-order valence-electron chi connectivity index (χ2n) is 5.78. The Morgan fingerprint density at radius 3 is 2.38 bits per heavy atom. The highest BCUT2D eigenvalue weighted by atomic mass is 14.9. The van der Waals surface area contributed by atoms with Crippen molar-refractivity contribution in [3.8, 4) is 12.3 Å². The highest BCUT2D eigenvalue weighted by Crippen LogP contribution is 2.48. The minimum Gasteiger partial charge on any atom is -0.301 e.